The molecule has 0 bridgehead atoms. The lowest BCUT2D eigenvalue weighted by atomic mass is 9.72. The average molecular weight is 283 g/mol. The molecule has 2 nitrogen and oxygen atoms in total. The number of ketones is 1. The van der Waals surface area contributed by atoms with Crippen molar-refractivity contribution in [2.75, 3.05) is 7.11 Å². The lowest BCUT2D eigenvalue weighted by Crippen LogP contribution is -2.27. The van der Waals surface area contributed by atoms with E-state index in [4.69, 9.17) is 4.74 Å². The lowest BCUT2D eigenvalue weighted by Gasteiger charge is -2.32. The van der Waals surface area contributed by atoms with E-state index < -0.39 is 0 Å². The Morgan fingerprint density at radius 1 is 1.38 bits per heavy atom. The van der Waals surface area contributed by atoms with Crippen LogP contribution in [0.2, 0.25) is 0 Å². The van der Waals surface area contributed by atoms with Gasteiger partial charge in [0.05, 0.1) is 7.11 Å². The summed E-state index contributed by atoms with van der Waals surface area (Å²) in [5.41, 5.74) is 1.97. The van der Waals surface area contributed by atoms with Gasteiger partial charge in [-0.2, -0.15) is 0 Å². The summed E-state index contributed by atoms with van der Waals surface area (Å²) in [5.74, 6) is 1.03. The summed E-state index contributed by atoms with van der Waals surface area (Å²) in [4.78, 5) is 11.9. The van der Waals surface area contributed by atoms with Crippen LogP contribution in [0.25, 0.3) is 0 Å². The molecule has 1 aromatic rings. The smallest absolute Gasteiger partial charge is 0.164 e. The van der Waals surface area contributed by atoms with E-state index >= 15 is 0 Å². The van der Waals surface area contributed by atoms with E-state index in [-0.39, 0.29) is 11.2 Å². The van der Waals surface area contributed by atoms with Crippen LogP contribution in [0.15, 0.2) is 16.6 Å². The van der Waals surface area contributed by atoms with Crippen molar-refractivity contribution in [3.05, 3.63) is 27.7 Å². The number of ether oxygens (including phenoxy) is 1. The summed E-state index contributed by atoms with van der Waals surface area (Å²) in [6.45, 7) is 4.34. The molecule has 0 spiro atoms. The Bertz CT molecular complexity index is 449. The Morgan fingerprint density at radius 2 is 2.06 bits per heavy atom. The second-order valence-corrected chi connectivity index (χ2v) is 5.69. The molecule has 1 aromatic carbocycles. The first-order valence-corrected chi connectivity index (χ1v) is 6.16. The zero-order chi connectivity index (χ0) is 11.9. The number of hydrogen-bond acceptors (Lipinski definition) is 2. The van der Waals surface area contributed by atoms with Gasteiger partial charge in [0.25, 0.3) is 0 Å². The highest BCUT2D eigenvalue weighted by atomic mass is 79.9. The molecule has 3 heteroatoms. The molecule has 0 aliphatic heterocycles. The molecule has 0 fully saturated rings. The minimum atomic E-state index is 0.0420. The number of halogens is 1. The highest BCUT2D eigenvalue weighted by Gasteiger charge is 2.33. The number of carbonyl (C=O) groups is 1. The molecule has 1 aliphatic carbocycles. The first kappa shape index (κ1) is 11.6. The molecule has 2 rings (SSSR count). The van der Waals surface area contributed by atoms with Crippen LogP contribution in [0.5, 0.6) is 5.75 Å². The second kappa shape index (κ2) is 3.88. The average Bonchev–Trinajstić information content (AvgIpc) is 2.23. The molecule has 0 atom stereocenters. The fourth-order valence-corrected chi connectivity index (χ4v) is 2.86. The molecule has 0 radical (unpaired) electrons. The number of hydrogen-bond donors (Lipinski definition) is 0. The minimum absolute atomic E-state index is 0.0420. The van der Waals surface area contributed by atoms with E-state index in [1.807, 2.05) is 12.1 Å². The van der Waals surface area contributed by atoms with Crippen LogP contribution in [-0.4, -0.2) is 12.9 Å². The van der Waals surface area contributed by atoms with E-state index in [0.717, 1.165) is 27.8 Å². The fourth-order valence-electron chi connectivity index (χ4n) is 2.20. The molecule has 0 N–H and O–H groups in total. The number of fused-ring (bicyclic) bond motifs is 1. The highest BCUT2D eigenvalue weighted by Crippen LogP contribution is 2.41. The van der Waals surface area contributed by atoms with Gasteiger partial charge in [0.1, 0.15) is 5.75 Å². The number of Topliss-reactive ketones (excluding diaryl/α,β-unsaturated/α-hetero) is 1. The van der Waals surface area contributed by atoms with E-state index in [2.05, 4.69) is 29.8 Å². The number of carbonyl (C=O) groups excluding carboxylic acids is 1. The maximum absolute atomic E-state index is 11.9. The third-order valence-electron chi connectivity index (χ3n) is 3.28. The third kappa shape index (κ3) is 1.77. The summed E-state index contributed by atoms with van der Waals surface area (Å²) >= 11 is 3.46. The summed E-state index contributed by atoms with van der Waals surface area (Å²) < 4.78 is 6.10. The molecule has 16 heavy (non-hydrogen) atoms. The van der Waals surface area contributed by atoms with Crippen LogP contribution in [0, 0.1) is 0 Å². The van der Waals surface area contributed by atoms with Gasteiger partial charge in [-0.15, -0.1) is 0 Å². The van der Waals surface area contributed by atoms with Crippen LogP contribution in [0.4, 0.5) is 0 Å². The van der Waals surface area contributed by atoms with Gasteiger partial charge in [0.2, 0.25) is 0 Å². The number of benzene rings is 1. The molecular formula is C13H15BrO2. The Kier molecular flexibility index (Phi) is 2.82. The Morgan fingerprint density at radius 3 is 2.69 bits per heavy atom. The molecule has 0 aromatic heterocycles. The van der Waals surface area contributed by atoms with Crippen LogP contribution in [0.3, 0.4) is 0 Å². The first-order chi connectivity index (χ1) is 7.45. The van der Waals surface area contributed by atoms with Gasteiger partial charge in [0, 0.05) is 16.5 Å². The minimum Gasteiger partial charge on any atom is -0.497 e. The molecule has 0 amide bonds. The molecule has 0 saturated carbocycles. The topological polar surface area (TPSA) is 26.3 Å². The molecule has 0 unspecified atom stereocenters. The van der Waals surface area contributed by atoms with E-state index in [1.165, 1.54) is 0 Å². The Balaban J connectivity index is 2.69. The maximum Gasteiger partial charge on any atom is 0.164 e. The van der Waals surface area contributed by atoms with Crippen molar-refractivity contribution in [3.63, 3.8) is 0 Å². The molecule has 1 aliphatic rings. The van der Waals surface area contributed by atoms with Gasteiger partial charge < -0.3 is 4.74 Å². The van der Waals surface area contributed by atoms with Crippen molar-refractivity contribution in [1.29, 1.82) is 0 Å². The van der Waals surface area contributed by atoms with E-state index in [0.29, 0.717) is 6.42 Å². The summed E-state index contributed by atoms with van der Waals surface area (Å²) in [7, 11) is 1.64. The van der Waals surface area contributed by atoms with Gasteiger partial charge >= 0.3 is 0 Å². The van der Waals surface area contributed by atoms with Crippen molar-refractivity contribution in [3.8, 4) is 5.75 Å². The summed E-state index contributed by atoms with van der Waals surface area (Å²) in [6.07, 6.45) is 1.53. The van der Waals surface area contributed by atoms with Crippen molar-refractivity contribution in [1.82, 2.24) is 0 Å². The van der Waals surface area contributed by atoms with Gasteiger partial charge in [-0.25, -0.2) is 0 Å². The summed E-state index contributed by atoms with van der Waals surface area (Å²) in [5, 5.41) is 0. The van der Waals surface area contributed by atoms with Crippen molar-refractivity contribution in [2.24, 2.45) is 0 Å². The van der Waals surface area contributed by atoms with E-state index in [9.17, 15) is 4.79 Å². The fraction of sp³-hybridized carbons (Fsp3) is 0.462. The van der Waals surface area contributed by atoms with Crippen LogP contribution >= 0.6 is 15.9 Å². The van der Waals surface area contributed by atoms with Gasteiger partial charge in [-0.1, -0.05) is 13.8 Å². The summed E-state index contributed by atoms with van der Waals surface area (Å²) in [6, 6.07) is 3.84. The lowest BCUT2D eigenvalue weighted by molar-refractivity contribution is 0.0955. The number of methoxy groups -OCH3 is 1. The predicted molar refractivity (Wildman–Crippen MR) is 67.3 cm³/mol. The molecule has 86 valence electrons. The third-order valence-corrected chi connectivity index (χ3v) is 3.91. The largest absolute Gasteiger partial charge is 0.497 e. The zero-order valence-electron chi connectivity index (χ0n) is 9.76. The Labute approximate surface area is 104 Å². The van der Waals surface area contributed by atoms with Crippen molar-refractivity contribution < 1.29 is 9.53 Å². The normalized spacial score (nSPS) is 18.1. The first-order valence-electron chi connectivity index (χ1n) is 5.37. The van der Waals surface area contributed by atoms with Crippen molar-refractivity contribution in [2.45, 2.75) is 32.1 Å². The monoisotopic (exact) mass is 282 g/mol. The number of rotatable bonds is 1. The van der Waals surface area contributed by atoms with Crippen LogP contribution in [-0.2, 0) is 5.41 Å². The van der Waals surface area contributed by atoms with Crippen molar-refractivity contribution >= 4 is 21.7 Å². The highest BCUT2D eigenvalue weighted by molar-refractivity contribution is 9.10. The quantitative estimate of drug-likeness (QED) is 0.785. The van der Waals surface area contributed by atoms with Gasteiger partial charge in [0.15, 0.2) is 5.78 Å². The van der Waals surface area contributed by atoms with Crippen LogP contribution < -0.4 is 4.74 Å². The molecular weight excluding hydrogens is 268 g/mol. The second-order valence-electron chi connectivity index (χ2n) is 4.84. The molecule has 0 saturated heterocycles. The zero-order valence-corrected chi connectivity index (χ0v) is 11.3. The standard InChI is InChI=1S/C13H15BrO2/c1-13(2)5-4-11(15)12-9(13)6-8(16-3)7-10(12)14/h6-7H,4-5H2,1-3H3. The Hall–Kier alpha value is -0.830. The van der Waals surface area contributed by atoms with Gasteiger partial charge in [-0.05, 0) is 45.5 Å². The predicted octanol–water partition coefficient (Wildman–Crippen LogP) is 3.71. The van der Waals surface area contributed by atoms with Crippen LogP contribution in [0.1, 0.15) is 42.6 Å². The SMILES string of the molecule is COc1cc(Br)c2c(c1)C(C)(C)CCC2=O. The van der Waals surface area contributed by atoms with Gasteiger partial charge in [-0.3, -0.25) is 4.79 Å². The maximum atomic E-state index is 11.9. The molecule has 0 heterocycles. The van der Waals surface area contributed by atoms with E-state index in [1.54, 1.807) is 7.11 Å².